The Morgan fingerprint density at radius 2 is 1.90 bits per heavy atom. The number of amides is 1. The Labute approximate surface area is 293 Å². The van der Waals surface area contributed by atoms with Crippen molar-refractivity contribution in [2.24, 2.45) is 0 Å². The number of rotatable bonds is 7. The third kappa shape index (κ3) is 7.09. The second-order valence-corrected chi connectivity index (χ2v) is 14.4. The van der Waals surface area contributed by atoms with Crippen LogP contribution in [-0.2, 0) is 4.74 Å². The number of hydrogen-bond acceptors (Lipinski definition) is 9. The third-order valence-corrected chi connectivity index (χ3v) is 9.41. The molecule has 2 fully saturated rings. The number of hydrogen-bond donors (Lipinski definition) is 0. The van der Waals surface area contributed by atoms with Crippen molar-refractivity contribution in [3.63, 3.8) is 0 Å². The zero-order valence-corrected chi connectivity index (χ0v) is 29.3. The molecule has 6 rings (SSSR count). The molecule has 2 aromatic heterocycles. The lowest BCUT2D eigenvalue weighted by atomic mass is 10.0. The predicted molar refractivity (Wildman–Crippen MR) is 185 cm³/mol. The average molecular weight is 710 g/mol. The van der Waals surface area contributed by atoms with E-state index in [-0.39, 0.29) is 90.9 Å². The minimum Gasteiger partial charge on any atom is -0.462 e. The van der Waals surface area contributed by atoms with Crippen LogP contribution in [0.5, 0.6) is 6.01 Å². The molecule has 2 aromatic carbocycles. The van der Waals surface area contributed by atoms with E-state index in [1.807, 2.05) is 23.6 Å². The first-order valence-electron chi connectivity index (χ1n) is 16.6. The van der Waals surface area contributed by atoms with Crippen LogP contribution in [0.1, 0.15) is 47.5 Å². The molecule has 4 aromatic rings. The van der Waals surface area contributed by atoms with Crippen LogP contribution in [0.3, 0.4) is 0 Å². The maximum Gasteiger partial charge on any atom is 0.410 e. The highest BCUT2D eigenvalue weighted by atomic mass is 35.5. The second kappa shape index (κ2) is 14.1. The Bertz CT molecular complexity index is 1970. The molecule has 0 saturated carbocycles. The van der Waals surface area contributed by atoms with Gasteiger partial charge in [-0.25, -0.2) is 18.0 Å². The van der Waals surface area contributed by atoms with E-state index in [1.165, 1.54) is 17.2 Å². The van der Waals surface area contributed by atoms with Gasteiger partial charge in [-0.2, -0.15) is 15.2 Å². The predicted octanol–water partition coefficient (Wildman–Crippen LogP) is 7.32. The molecule has 0 aliphatic carbocycles. The number of ether oxygens (including phenoxy) is 2. The molecular weight excluding hydrogens is 671 g/mol. The van der Waals surface area contributed by atoms with E-state index in [9.17, 15) is 18.8 Å². The van der Waals surface area contributed by atoms with E-state index in [1.54, 1.807) is 45.0 Å². The summed E-state index contributed by atoms with van der Waals surface area (Å²) in [6.07, 6.45) is 0.217. The number of aromatic nitrogens is 3. The first-order valence-corrected chi connectivity index (χ1v) is 17.0. The molecule has 2 aliphatic rings. The molecule has 0 unspecified atom stereocenters. The molecule has 0 radical (unpaired) electrons. The van der Waals surface area contributed by atoms with E-state index in [0.717, 1.165) is 0 Å². The number of carbonyl (C=O) groups excluding carboxylic acids is 1. The third-order valence-electron chi connectivity index (χ3n) is 9.04. The number of nitrogens with zero attached hydrogens (tertiary/aromatic N) is 7. The number of benzene rings is 2. The summed E-state index contributed by atoms with van der Waals surface area (Å²) in [5.74, 6) is -1.14. The molecule has 264 valence electrons. The van der Waals surface area contributed by atoms with Gasteiger partial charge in [0.15, 0.2) is 5.82 Å². The van der Waals surface area contributed by atoms with Crippen molar-refractivity contribution < 1.29 is 27.4 Å². The zero-order chi connectivity index (χ0) is 35.9. The smallest absolute Gasteiger partial charge is 0.410 e. The van der Waals surface area contributed by atoms with Crippen LogP contribution in [0, 0.1) is 23.0 Å². The monoisotopic (exact) mass is 709 g/mol. The molecule has 2 saturated heterocycles. The summed E-state index contributed by atoms with van der Waals surface area (Å²) in [6.45, 7) is 10.3. The number of nitriles is 1. The average Bonchev–Trinajstić information content (AvgIpc) is 3.45. The zero-order valence-electron chi connectivity index (χ0n) is 28.6. The Hall–Kier alpha value is -4.41. The molecule has 50 heavy (non-hydrogen) atoms. The van der Waals surface area contributed by atoms with E-state index < -0.39 is 35.5 Å². The van der Waals surface area contributed by atoms with Gasteiger partial charge in [-0.15, -0.1) is 0 Å². The maximum absolute atomic E-state index is 16.8. The van der Waals surface area contributed by atoms with Crippen LogP contribution in [0.25, 0.3) is 32.9 Å². The van der Waals surface area contributed by atoms with Crippen LogP contribution < -0.4 is 9.64 Å². The van der Waals surface area contributed by atoms with Gasteiger partial charge >= 0.3 is 12.1 Å². The first-order chi connectivity index (χ1) is 23.8. The molecule has 14 heteroatoms. The number of anilines is 1. The number of fused-ring (bicyclic) bond motifs is 2. The highest BCUT2D eigenvalue weighted by Gasteiger charge is 2.36. The molecule has 3 atom stereocenters. The fourth-order valence-electron chi connectivity index (χ4n) is 6.76. The molecule has 0 spiro atoms. The minimum atomic E-state index is -0.999. The number of carbonyl (C=O) groups is 1. The van der Waals surface area contributed by atoms with Crippen molar-refractivity contribution in [1.29, 1.82) is 5.26 Å². The van der Waals surface area contributed by atoms with Crippen LogP contribution in [0.2, 0.25) is 5.02 Å². The SMILES string of the molecule is CC(C)N1C[C@H](F)C[C@H]1COc1nc(N2CCN(C(=O)OC(C)(C)C)[C@@H](CC#N)C2)c2cnc(-c3cccc4ccc(F)c(Cl)c34)c(F)c2n1. The van der Waals surface area contributed by atoms with E-state index in [0.29, 0.717) is 16.6 Å². The molecule has 0 N–H and O–H groups in total. The quantitative estimate of drug-likeness (QED) is 0.195. The summed E-state index contributed by atoms with van der Waals surface area (Å²) in [5, 5.41) is 10.7. The molecule has 0 bridgehead atoms. The van der Waals surface area contributed by atoms with Gasteiger partial charge in [0.2, 0.25) is 0 Å². The van der Waals surface area contributed by atoms with Gasteiger partial charge in [0.25, 0.3) is 0 Å². The summed E-state index contributed by atoms with van der Waals surface area (Å²) >= 11 is 6.39. The molecule has 2 aliphatic heterocycles. The van der Waals surface area contributed by atoms with E-state index in [2.05, 4.69) is 16.0 Å². The highest BCUT2D eigenvalue weighted by molar-refractivity contribution is 6.36. The second-order valence-electron chi connectivity index (χ2n) is 14.0. The molecule has 1 amide bonds. The van der Waals surface area contributed by atoms with Gasteiger partial charge in [0.05, 0.1) is 28.9 Å². The van der Waals surface area contributed by atoms with Gasteiger partial charge in [-0.1, -0.05) is 35.9 Å². The number of pyridine rings is 1. The fraction of sp³-hybridized carbons (Fsp3) is 0.472. The Balaban J connectivity index is 1.43. The van der Waals surface area contributed by atoms with Crippen molar-refractivity contribution in [3.8, 4) is 23.3 Å². The van der Waals surface area contributed by atoms with Gasteiger partial charge < -0.3 is 19.3 Å². The van der Waals surface area contributed by atoms with E-state index >= 15 is 4.39 Å². The van der Waals surface area contributed by atoms with Gasteiger partial charge in [-0.3, -0.25) is 9.88 Å². The Morgan fingerprint density at radius 3 is 2.62 bits per heavy atom. The van der Waals surface area contributed by atoms with Gasteiger partial charge in [-0.05, 0) is 52.5 Å². The van der Waals surface area contributed by atoms with Crippen molar-refractivity contribution >= 4 is 45.2 Å². The van der Waals surface area contributed by atoms with Crippen molar-refractivity contribution in [3.05, 3.63) is 53.2 Å². The Morgan fingerprint density at radius 1 is 1.12 bits per heavy atom. The van der Waals surface area contributed by atoms with Crippen molar-refractivity contribution in [2.45, 2.75) is 77.4 Å². The van der Waals surface area contributed by atoms with E-state index in [4.69, 9.17) is 26.1 Å². The van der Waals surface area contributed by atoms with Gasteiger partial charge in [0.1, 0.15) is 41.2 Å². The topological polar surface area (TPSA) is 108 Å². The normalized spacial score (nSPS) is 20.1. The number of likely N-dealkylation sites (tertiary alicyclic amines) is 1. The van der Waals surface area contributed by atoms with Crippen LogP contribution in [-0.4, -0.2) is 93.5 Å². The standard InChI is InChI=1S/C36H39ClF3N7O3/c1-20(2)47-17-22(38)15-24(47)19-49-34-43-32-26(16-42-31(30(32)40)25-8-6-7-21-9-10-27(39)29(37)28(21)25)33(44-34)45-13-14-46(23(18-45)11-12-41)35(48)50-36(3,4)5/h6-10,16,20,22-24H,11,13-15,17-19H2,1-5H3/t22-,23+,24+/m1/s1. The minimum absolute atomic E-state index is 0.0222. The lowest BCUT2D eigenvalue weighted by Gasteiger charge is -2.41. The number of halogens is 4. The van der Waals surface area contributed by atoms with Crippen LogP contribution in [0.4, 0.5) is 23.8 Å². The highest BCUT2D eigenvalue weighted by Crippen LogP contribution is 2.39. The summed E-state index contributed by atoms with van der Waals surface area (Å²) in [4.78, 5) is 32.1. The number of alkyl halides is 1. The number of piperazine rings is 1. The van der Waals surface area contributed by atoms with Gasteiger partial charge in [0, 0.05) is 55.4 Å². The summed E-state index contributed by atoms with van der Waals surface area (Å²) in [7, 11) is 0. The Kier molecular flexibility index (Phi) is 9.97. The van der Waals surface area contributed by atoms with Crippen LogP contribution >= 0.6 is 11.6 Å². The van der Waals surface area contributed by atoms with Crippen molar-refractivity contribution in [2.75, 3.05) is 37.7 Å². The lowest BCUT2D eigenvalue weighted by molar-refractivity contribution is 0.0145. The summed E-state index contributed by atoms with van der Waals surface area (Å²) in [6, 6.07) is 9.19. The maximum atomic E-state index is 16.8. The molecule has 10 nitrogen and oxygen atoms in total. The summed E-state index contributed by atoms with van der Waals surface area (Å²) in [5.41, 5.74) is -0.637. The summed E-state index contributed by atoms with van der Waals surface area (Å²) < 4.78 is 57.5. The largest absolute Gasteiger partial charge is 0.462 e. The van der Waals surface area contributed by atoms with Crippen LogP contribution in [0.15, 0.2) is 36.5 Å². The fourth-order valence-corrected chi connectivity index (χ4v) is 7.03. The lowest BCUT2D eigenvalue weighted by Crippen LogP contribution is -2.56. The molecular formula is C36H39ClF3N7O3. The molecule has 4 heterocycles. The first kappa shape index (κ1) is 35.4. The van der Waals surface area contributed by atoms with Crippen molar-refractivity contribution in [1.82, 2.24) is 24.8 Å².